The van der Waals surface area contributed by atoms with E-state index in [0.29, 0.717) is 18.7 Å². The molecule has 5 heteroatoms. The predicted molar refractivity (Wildman–Crippen MR) is 68.9 cm³/mol. The van der Waals surface area contributed by atoms with Crippen LogP contribution in [0.1, 0.15) is 18.4 Å². The molecule has 1 heterocycles. The number of hydrogen-bond acceptors (Lipinski definition) is 2. The maximum absolute atomic E-state index is 13.4. The molecule has 0 saturated carbocycles. The Labute approximate surface area is 106 Å². The Bertz CT molecular complexity index is 442. The van der Waals surface area contributed by atoms with Crippen molar-refractivity contribution in [2.24, 2.45) is 5.73 Å². The molecule has 1 aliphatic heterocycles. The molecule has 0 unspecified atom stereocenters. The number of rotatable bonds is 2. The molecule has 0 radical (unpaired) electrons. The van der Waals surface area contributed by atoms with Crippen molar-refractivity contribution in [3.8, 4) is 0 Å². The number of nitrogens with two attached hydrogens (primary N) is 1. The summed E-state index contributed by atoms with van der Waals surface area (Å²) in [4.78, 5) is 12.6. The molecule has 1 aromatic carbocycles. The second-order valence-electron chi connectivity index (χ2n) is 4.66. The van der Waals surface area contributed by atoms with E-state index in [4.69, 9.17) is 5.73 Å². The second kappa shape index (κ2) is 5.25. The molecular weight excluding hydrogens is 233 g/mol. The fourth-order valence-corrected chi connectivity index (χ4v) is 2.23. The molecule has 0 spiro atoms. The zero-order valence-corrected chi connectivity index (χ0v) is 10.4. The van der Waals surface area contributed by atoms with Gasteiger partial charge in [-0.25, -0.2) is 9.18 Å². The van der Waals surface area contributed by atoms with E-state index in [9.17, 15) is 9.18 Å². The van der Waals surface area contributed by atoms with Gasteiger partial charge in [0, 0.05) is 30.4 Å². The average molecular weight is 251 g/mol. The van der Waals surface area contributed by atoms with Crippen LogP contribution in [0, 0.1) is 12.7 Å². The van der Waals surface area contributed by atoms with Crippen LogP contribution in [0.4, 0.5) is 14.9 Å². The highest BCUT2D eigenvalue weighted by Crippen LogP contribution is 2.21. The SMILES string of the molecule is Cc1c(F)cccc1NC1CCN(C(N)=O)CC1. The Kier molecular flexibility index (Phi) is 3.69. The molecule has 1 aliphatic rings. The number of hydrogen-bond donors (Lipinski definition) is 2. The van der Waals surface area contributed by atoms with Gasteiger partial charge in [0.15, 0.2) is 0 Å². The van der Waals surface area contributed by atoms with E-state index in [1.54, 1.807) is 17.9 Å². The lowest BCUT2D eigenvalue weighted by Gasteiger charge is -2.32. The van der Waals surface area contributed by atoms with Gasteiger partial charge in [-0.05, 0) is 31.9 Å². The van der Waals surface area contributed by atoms with Crippen LogP contribution in [0.3, 0.4) is 0 Å². The van der Waals surface area contributed by atoms with Crippen molar-refractivity contribution in [2.45, 2.75) is 25.8 Å². The quantitative estimate of drug-likeness (QED) is 0.845. The van der Waals surface area contributed by atoms with Gasteiger partial charge in [0.1, 0.15) is 5.82 Å². The molecule has 1 fully saturated rings. The van der Waals surface area contributed by atoms with E-state index in [-0.39, 0.29) is 17.9 Å². The van der Waals surface area contributed by atoms with E-state index in [1.165, 1.54) is 6.07 Å². The fourth-order valence-electron chi connectivity index (χ4n) is 2.23. The monoisotopic (exact) mass is 251 g/mol. The Hall–Kier alpha value is -1.78. The summed E-state index contributed by atoms with van der Waals surface area (Å²) in [5.74, 6) is -0.199. The summed E-state index contributed by atoms with van der Waals surface area (Å²) in [5.41, 5.74) is 6.69. The molecule has 3 N–H and O–H groups in total. The molecule has 1 saturated heterocycles. The van der Waals surface area contributed by atoms with Gasteiger partial charge < -0.3 is 16.0 Å². The van der Waals surface area contributed by atoms with E-state index in [2.05, 4.69) is 5.32 Å². The standard InChI is InChI=1S/C13H18FN3O/c1-9-11(14)3-2-4-12(9)16-10-5-7-17(8-6-10)13(15)18/h2-4,10,16H,5-8H2,1H3,(H2,15,18). The first kappa shape index (κ1) is 12.7. The van der Waals surface area contributed by atoms with Crippen molar-refractivity contribution in [2.75, 3.05) is 18.4 Å². The number of urea groups is 1. The predicted octanol–water partition coefficient (Wildman–Crippen LogP) is 2.09. The topological polar surface area (TPSA) is 58.4 Å². The Morgan fingerprint density at radius 2 is 2.11 bits per heavy atom. The first-order valence-corrected chi connectivity index (χ1v) is 6.14. The highest BCUT2D eigenvalue weighted by atomic mass is 19.1. The summed E-state index contributed by atoms with van der Waals surface area (Å²) in [6.45, 7) is 3.07. The summed E-state index contributed by atoms with van der Waals surface area (Å²) in [6.07, 6.45) is 1.66. The molecule has 4 nitrogen and oxygen atoms in total. The lowest BCUT2D eigenvalue weighted by atomic mass is 10.0. The summed E-state index contributed by atoms with van der Waals surface area (Å²) >= 11 is 0. The van der Waals surface area contributed by atoms with Crippen LogP contribution in [0.15, 0.2) is 18.2 Å². The number of nitrogens with zero attached hydrogens (tertiary/aromatic N) is 1. The number of halogens is 1. The number of primary amides is 1. The Morgan fingerprint density at radius 3 is 2.72 bits per heavy atom. The summed E-state index contributed by atoms with van der Waals surface area (Å²) in [7, 11) is 0. The second-order valence-corrected chi connectivity index (χ2v) is 4.66. The van der Waals surface area contributed by atoms with Crippen LogP contribution in [-0.4, -0.2) is 30.1 Å². The van der Waals surface area contributed by atoms with Crippen molar-refractivity contribution in [3.05, 3.63) is 29.6 Å². The van der Waals surface area contributed by atoms with Crippen molar-refractivity contribution in [1.82, 2.24) is 4.90 Å². The van der Waals surface area contributed by atoms with Crippen molar-refractivity contribution in [3.63, 3.8) is 0 Å². The van der Waals surface area contributed by atoms with E-state index in [1.807, 2.05) is 6.07 Å². The van der Waals surface area contributed by atoms with Crippen LogP contribution in [0.2, 0.25) is 0 Å². The molecule has 18 heavy (non-hydrogen) atoms. The van der Waals surface area contributed by atoms with Crippen LogP contribution < -0.4 is 11.1 Å². The lowest BCUT2D eigenvalue weighted by molar-refractivity contribution is 0.193. The first-order chi connectivity index (χ1) is 8.58. The summed E-state index contributed by atoms with van der Waals surface area (Å²) in [6, 6.07) is 4.93. The highest BCUT2D eigenvalue weighted by molar-refractivity contribution is 5.72. The minimum Gasteiger partial charge on any atom is -0.382 e. The maximum atomic E-state index is 13.4. The highest BCUT2D eigenvalue weighted by Gasteiger charge is 2.21. The van der Waals surface area contributed by atoms with Gasteiger partial charge in [0.05, 0.1) is 0 Å². The van der Waals surface area contributed by atoms with Crippen LogP contribution in [0.5, 0.6) is 0 Å². The Balaban J connectivity index is 1.96. The molecule has 0 atom stereocenters. The van der Waals surface area contributed by atoms with Crippen molar-refractivity contribution >= 4 is 11.7 Å². The zero-order chi connectivity index (χ0) is 13.1. The van der Waals surface area contributed by atoms with Gasteiger partial charge in [0.25, 0.3) is 0 Å². The van der Waals surface area contributed by atoms with Crippen molar-refractivity contribution in [1.29, 1.82) is 0 Å². The summed E-state index contributed by atoms with van der Waals surface area (Å²) < 4.78 is 13.4. The number of piperidine rings is 1. The normalized spacial score (nSPS) is 16.7. The molecule has 98 valence electrons. The van der Waals surface area contributed by atoms with Crippen LogP contribution >= 0.6 is 0 Å². The maximum Gasteiger partial charge on any atom is 0.314 e. The van der Waals surface area contributed by atoms with Gasteiger partial charge in [-0.15, -0.1) is 0 Å². The van der Waals surface area contributed by atoms with Gasteiger partial charge in [0.2, 0.25) is 0 Å². The van der Waals surface area contributed by atoms with E-state index in [0.717, 1.165) is 18.5 Å². The zero-order valence-electron chi connectivity index (χ0n) is 10.4. The van der Waals surface area contributed by atoms with Crippen LogP contribution in [0.25, 0.3) is 0 Å². The van der Waals surface area contributed by atoms with E-state index < -0.39 is 0 Å². The summed E-state index contributed by atoms with van der Waals surface area (Å²) in [5, 5.41) is 3.33. The number of carbonyl (C=O) groups is 1. The number of nitrogens with one attached hydrogen (secondary N) is 1. The molecule has 2 rings (SSSR count). The largest absolute Gasteiger partial charge is 0.382 e. The number of amides is 2. The Morgan fingerprint density at radius 1 is 1.44 bits per heavy atom. The molecule has 0 aliphatic carbocycles. The number of benzene rings is 1. The number of carbonyl (C=O) groups excluding carboxylic acids is 1. The van der Waals surface area contributed by atoms with Gasteiger partial charge >= 0.3 is 6.03 Å². The third-order valence-electron chi connectivity index (χ3n) is 3.43. The van der Waals surface area contributed by atoms with Crippen molar-refractivity contribution < 1.29 is 9.18 Å². The third-order valence-corrected chi connectivity index (χ3v) is 3.43. The van der Waals surface area contributed by atoms with Gasteiger partial charge in [-0.2, -0.15) is 0 Å². The molecule has 0 bridgehead atoms. The lowest BCUT2D eigenvalue weighted by Crippen LogP contribution is -2.44. The molecule has 1 aromatic rings. The van der Waals surface area contributed by atoms with Gasteiger partial charge in [-0.1, -0.05) is 6.07 Å². The minimum atomic E-state index is -0.365. The van der Waals surface area contributed by atoms with E-state index >= 15 is 0 Å². The molecular formula is C13H18FN3O. The minimum absolute atomic E-state index is 0.199. The van der Waals surface area contributed by atoms with Gasteiger partial charge in [-0.3, -0.25) is 0 Å². The number of likely N-dealkylation sites (tertiary alicyclic amines) is 1. The number of anilines is 1. The molecule has 0 aromatic heterocycles. The fraction of sp³-hybridized carbons (Fsp3) is 0.462. The molecule has 2 amide bonds. The first-order valence-electron chi connectivity index (χ1n) is 6.14. The third kappa shape index (κ3) is 2.72. The van der Waals surface area contributed by atoms with Crippen LogP contribution in [-0.2, 0) is 0 Å². The smallest absolute Gasteiger partial charge is 0.314 e. The average Bonchev–Trinajstić information content (AvgIpc) is 2.36.